The molecule has 1 heterocycles. The van der Waals surface area contributed by atoms with Crippen molar-refractivity contribution in [1.82, 2.24) is 4.72 Å². The van der Waals surface area contributed by atoms with Gasteiger partial charge in [0.15, 0.2) is 17.5 Å². The number of nitrogens with one attached hydrogen (secondary N) is 2. The van der Waals surface area contributed by atoms with E-state index in [9.17, 15) is 8.42 Å². The Bertz CT molecular complexity index is 661. The Morgan fingerprint density at radius 1 is 1.30 bits per heavy atom. The van der Waals surface area contributed by atoms with Crippen LogP contribution in [0, 0.1) is 0 Å². The molecule has 1 aromatic rings. The van der Waals surface area contributed by atoms with Crippen LogP contribution in [0.25, 0.3) is 0 Å². The zero-order valence-corrected chi connectivity index (χ0v) is 13.9. The normalized spacial score (nSPS) is 15.1. The Balaban J connectivity index is 1.88. The van der Waals surface area contributed by atoms with Crippen LogP contribution in [0.4, 0.5) is 5.69 Å². The van der Waals surface area contributed by atoms with Crippen LogP contribution in [-0.2, 0) is 10.0 Å². The van der Waals surface area contributed by atoms with Crippen molar-refractivity contribution in [1.29, 1.82) is 0 Å². The van der Waals surface area contributed by atoms with Gasteiger partial charge in [0.05, 0.1) is 25.5 Å². The van der Waals surface area contributed by atoms with E-state index in [0.717, 1.165) is 12.1 Å². The van der Waals surface area contributed by atoms with Crippen molar-refractivity contribution in [3.8, 4) is 11.5 Å². The van der Waals surface area contributed by atoms with Crippen molar-refractivity contribution in [2.24, 2.45) is 10.7 Å². The molecule has 0 aliphatic carbocycles. The molecule has 4 N–H and O–H groups in total. The minimum absolute atomic E-state index is 0.0433. The zero-order chi connectivity index (χ0) is 16.7. The summed E-state index contributed by atoms with van der Waals surface area (Å²) in [5.74, 6) is 1.62. The lowest BCUT2D eigenvalue weighted by atomic mass is 10.3. The minimum atomic E-state index is -3.20. The van der Waals surface area contributed by atoms with Gasteiger partial charge >= 0.3 is 0 Å². The maximum atomic E-state index is 11.3. The number of anilines is 1. The van der Waals surface area contributed by atoms with E-state index in [1.807, 2.05) is 12.1 Å². The topological polar surface area (TPSA) is 115 Å². The summed E-state index contributed by atoms with van der Waals surface area (Å²) in [6.07, 6.45) is 0.842. The van der Waals surface area contributed by atoms with Crippen LogP contribution >= 0.6 is 0 Å². The number of fused-ring (bicyclic) bond motifs is 1. The van der Waals surface area contributed by atoms with E-state index in [1.54, 1.807) is 13.0 Å². The second-order valence-electron chi connectivity index (χ2n) is 4.90. The average molecular weight is 342 g/mol. The summed E-state index contributed by atoms with van der Waals surface area (Å²) in [4.78, 5) is 4.07. The van der Waals surface area contributed by atoms with Crippen LogP contribution in [-0.4, -0.2) is 46.4 Å². The van der Waals surface area contributed by atoms with Crippen LogP contribution < -0.4 is 25.2 Å². The molecule has 1 aromatic carbocycles. The number of hydrogen-bond acceptors (Lipinski definition) is 5. The summed E-state index contributed by atoms with van der Waals surface area (Å²) in [6.45, 7) is 3.28. The number of sulfonamides is 1. The van der Waals surface area contributed by atoms with Crippen molar-refractivity contribution in [3.05, 3.63) is 18.2 Å². The molecule has 0 bridgehead atoms. The summed E-state index contributed by atoms with van der Waals surface area (Å²) in [5, 5.41) is 2.94. The Labute approximate surface area is 136 Å². The molecule has 128 valence electrons. The predicted octanol–water partition coefficient (Wildman–Crippen LogP) is 0.514. The van der Waals surface area contributed by atoms with E-state index in [0.29, 0.717) is 24.7 Å². The first-order chi connectivity index (χ1) is 11.0. The smallest absolute Gasteiger partial charge is 0.211 e. The SMILES string of the molecule is CCS(=O)(=O)NCCN=C(N)Nc1ccc2c(c1)OCCCO2. The van der Waals surface area contributed by atoms with Gasteiger partial charge in [0.25, 0.3) is 0 Å². The first-order valence-corrected chi connectivity index (χ1v) is 9.09. The van der Waals surface area contributed by atoms with E-state index < -0.39 is 10.0 Å². The Hall–Kier alpha value is -2.00. The third-order valence-electron chi connectivity index (χ3n) is 3.12. The van der Waals surface area contributed by atoms with Crippen molar-refractivity contribution in [2.45, 2.75) is 13.3 Å². The average Bonchev–Trinajstić information content (AvgIpc) is 2.76. The summed E-state index contributed by atoms with van der Waals surface area (Å²) >= 11 is 0. The molecule has 8 nitrogen and oxygen atoms in total. The maximum Gasteiger partial charge on any atom is 0.211 e. The molecule has 0 amide bonds. The molecule has 0 fully saturated rings. The van der Waals surface area contributed by atoms with E-state index in [1.165, 1.54) is 0 Å². The molecule has 0 atom stereocenters. The molecule has 0 spiro atoms. The number of aliphatic imine (C=N–C) groups is 1. The zero-order valence-electron chi connectivity index (χ0n) is 13.0. The second kappa shape index (κ2) is 8.02. The number of rotatable bonds is 6. The van der Waals surface area contributed by atoms with Gasteiger partial charge in [0.2, 0.25) is 10.0 Å². The van der Waals surface area contributed by atoms with E-state index in [4.69, 9.17) is 15.2 Å². The van der Waals surface area contributed by atoms with Gasteiger partial charge in [0.1, 0.15) is 0 Å². The standard InChI is InChI=1S/C14H22N4O4S/c1-2-23(19,20)17-7-6-16-14(15)18-11-4-5-12-13(10-11)22-9-3-8-21-12/h4-5,10,17H,2-3,6-9H2,1H3,(H3,15,16,18). The molecule has 1 aliphatic rings. The molecule has 0 saturated heterocycles. The molecule has 0 radical (unpaired) electrons. The number of benzene rings is 1. The molecular weight excluding hydrogens is 320 g/mol. The molecule has 0 saturated carbocycles. The van der Waals surface area contributed by atoms with Gasteiger partial charge in [-0.25, -0.2) is 13.1 Å². The van der Waals surface area contributed by atoms with E-state index >= 15 is 0 Å². The highest BCUT2D eigenvalue weighted by molar-refractivity contribution is 7.89. The molecule has 9 heteroatoms. The lowest BCUT2D eigenvalue weighted by molar-refractivity contribution is 0.297. The van der Waals surface area contributed by atoms with Crippen molar-refractivity contribution in [2.75, 3.05) is 37.4 Å². The van der Waals surface area contributed by atoms with Gasteiger partial charge in [-0.1, -0.05) is 0 Å². The van der Waals surface area contributed by atoms with Crippen LogP contribution in [0.5, 0.6) is 11.5 Å². The highest BCUT2D eigenvalue weighted by Gasteiger charge is 2.11. The first-order valence-electron chi connectivity index (χ1n) is 7.44. The number of guanidine groups is 1. The number of hydrogen-bond donors (Lipinski definition) is 3. The van der Waals surface area contributed by atoms with Crippen molar-refractivity contribution in [3.63, 3.8) is 0 Å². The van der Waals surface area contributed by atoms with Gasteiger partial charge in [-0.05, 0) is 19.1 Å². The summed E-state index contributed by atoms with van der Waals surface area (Å²) < 4.78 is 36.1. The highest BCUT2D eigenvalue weighted by Crippen LogP contribution is 2.32. The fourth-order valence-corrected chi connectivity index (χ4v) is 2.51. The Kier molecular flexibility index (Phi) is 6.05. The monoisotopic (exact) mass is 342 g/mol. The van der Waals surface area contributed by atoms with Crippen molar-refractivity contribution >= 4 is 21.7 Å². The van der Waals surface area contributed by atoms with Crippen molar-refractivity contribution < 1.29 is 17.9 Å². The van der Waals surface area contributed by atoms with Gasteiger partial charge in [-0.15, -0.1) is 0 Å². The van der Waals surface area contributed by atoms with Crippen LogP contribution in [0.1, 0.15) is 13.3 Å². The Morgan fingerprint density at radius 2 is 2.04 bits per heavy atom. The van der Waals surface area contributed by atoms with Gasteiger partial charge in [-0.2, -0.15) is 0 Å². The van der Waals surface area contributed by atoms with Gasteiger partial charge in [-0.3, -0.25) is 4.99 Å². The highest BCUT2D eigenvalue weighted by atomic mass is 32.2. The first kappa shape index (κ1) is 17.4. The largest absolute Gasteiger partial charge is 0.490 e. The number of nitrogens with zero attached hydrogens (tertiary/aromatic N) is 1. The Morgan fingerprint density at radius 3 is 2.78 bits per heavy atom. The van der Waals surface area contributed by atoms with Gasteiger partial charge in [0, 0.05) is 24.7 Å². The molecule has 23 heavy (non-hydrogen) atoms. The molecule has 0 aromatic heterocycles. The van der Waals surface area contributed by atoms with E-state index in [2.05, 4.69) is 15.0 Å². The minimum Gasteiger partial charge on any atom is -0.490 e. The van der Waals surface area contributed by atoms with Crippen LogP contribution in [0.2, 0.25) is 0 Å². The molecule has 0 unspecified atom stereocenters. The van der Waals surface area contributed by atoms with Crippen LogP contribution in [0.15, 0.2) is 23.2 Å². The summed E-state index contributed by atoms with van der Waals surface area (Å²) in [6, 6.07) is 5.42. The quantitative estimate of drug-likeness (QED) is 0.394. The number of ether oxygens (including phenoxy) is 2. The maximum absolute atomic E-state index is 11.3. The lowest BCUT2D eigenvalue weighted by Gasteiger charge is -2.10. The summed E-state index contributed by atoms with van der Waals surface area (Å²) in [7, 11) is -3.20. The number of nitrogens with two attached hydrogens (primary N) is 1. The molecule has 1 aliphatic heterocycles. The predicted molar refractivity (Wildman–Crippen MR) is 89.6 cm³/mol. The van der Waals surface area contributed by atoms with Gasteiger partial charge < -0.3 is 20.5 Å². The molecular formula is C14H22N4O4S. The third kappa shape index (κ3) is 5.61. The van der Waals surface area contributed by atoms with E-state index in [-0.39, 0.29) is 24.8 Å². The fourth-order valence-electron chi connectivity index (χ4n) is 1.91. The summed E-state index contributed by atoms with van der Waals surface area (Å²) in [5.41, 5.74) is 6.51. The molecule has 2 rings (SSSR count). The lowest BCUT2D eigenvalue weighted by Crippen LogP contribution is -2.29. The second-order valence-corrected chi connectivity index (χ2v) is 7.00. The fraction of sp³-hybridized carbons (Fsp3) is 0.500. The van der Waals surface area contributed by atoms with Crippen LogP contribution in [0.3, 0.4) is 0 Å². The third-order valence-corrected chi connectivity index (χ3v) is 4.52.